The number of benzene rings is 2. The minimum atomic E-state index is -0.241. The molecule has 0 bridgehead atoms. The van der Waals surface area contributed by atoms with Gasteiger partial charge in [0.15, 0.2) is 0 Å². The van der Waals surface area contributed by atoms with E-state index < -0.39 is 0 Å². The summed E-state index contributed by atoms with van der Waals surface area (Å²) >= 11 is 6.10. The molecule has 2 heterocycles. The molecule has 6 nitrogen and oxygen atoms in total. The molecule has 0 saturated carbocycles. The van der Waals surface area contributed by atoms with Crippen molar-refractivity contribution in [2.45, 2.75) is 64.5 Å². The van der Waals surface area contributed by atoms with Crippen molar-refractivity contribution in [3.63, 3.8) is 0 Å². The molecule has 2 aromatic rings. The van der Waals surface area contributed by atoms with Crippen LogP contribution in [0.25, 0.3) is 10.8 Å². The van der Waals surface area contributed by atoms with Gasteiger partial charge in [-0.15, -0.1) is 0 Å². The lowest BCUT2D eigenvalue weighted by atomic mass is 9.98. The quantitative estimate of drug-likeness (QED) is 0.405. The fourth-order valence-electron chi connectivity index (χ4n) is 5.70. The molecule has 7 heteroatoms. The van der Waals surface area contributed by atoms with Crippen molar-refractivity contribution in [1.29, 1.82) is 0 Å². The Morgan fingerprint density at radius 1 is 1.13 bits per heavy atom. The second-order valence-electron chi connectivity index (χ2n) is 11.0. The molecule has 0 radical (unpaired) electrons. The van der Waals surface area contributed by atoms with E-state index in [1.54, 1.807) is 0 Å². The number of piperidine rings is 1. The third kappa shape index (κ3) is 7.58. The van der Waals surface area contributed by atoms with Crippen LogP contribution >= 0.6 is 11.6 Å². The summed E-state index contributed by atoms with van der Waals surface area (Å²) in [5.74, 6) is 0.388. The van der Waals surface area contributed by atoms with E-state index >= 15 is 0 Å². The number of rotatable bonds is 10. The molecule has 2 N–H and O–H groups in total. The molecule has 0 aliphatic carbocycles. The number of nitrogens with zero attached hydrogens (tertiary/aromatic N) is 2. The van der Waals surface area contributed by atoms with Crippen molar-refractivity contribution >= 4 is 34.2 Å². The maximum Gasteiger partial charge on any atom is 0.251 e. The van der Waals surface area contributed by atoms with E-state index in [2.05, 4.69) is 36.0 Å². The molecule has 2 aromatic carbocycles. The Hall–Kier alpha value is -2.41. The second kappa shape index (κ2) is 13.6. The monoisotopic (exact) mass is 538 g/mol. The van der Waals surface area contributed by atoms with Gasteiger partial charge in [-0.1, -0.05) is 49.2 Å². The van der Waals surface area contributed by atoms with Gasteiger partial charge in [0.2, 0.25) is 5.91 Å². The third-order valence-electron chi connectivity index (χ3n) is 8.18. The molecule has 206 valence electrons. The zero-order valence-corrected chi connectivity index (χ0v) is 23.7. The number of hydrogen-bond acceptors (Lipinski definition) is 4. The van der Waals surface area contributed by atoms with Crippen LogP contribution < -0.4 is 10.6 Å². The highest BCUT2D eigenvalue weighted by Gasteiger charge is 2.32. The van der Waals surface area contributed by atoms with Gasteiger partial charge in [0, 0.05) is 42.8 Å². The highest BCUT2D eigenvalue weighted by atomic mass is 35.5. The van der Waals surface area contributed by atoms with Gasteiger partial charge in [-0.2, -0.15) is 0 Å². The van der Waals surface area contributed by atoms with E-state index in [0.29, 0.717) is 36.1 Å². The molecule has 2 fully saturated rings. The van der Waals surface area contributed by atoms with E-state index in [1.807, 2.05) is 41.3 Å². The lowest BCUT2D eigenvalue weighted by Gasteiger charge is -2.31. The first-order valence-electron chi connectivity index (χ1n) is 14.2. The van der Waals surface area contributed by atoms with Crippen molar-refractivity contribution in [2.24, 2.45) is 5.92 Å². The van der Waals surface area contributed by atoms with Gasteiger partial charge >= 0.3 is 0 Å². The van der Waals surface area contributed by atoms with E-state index in [9.17, 15) is 9.59 Å². The molecule has 0 spiro atoms. The summed E-state index contributed by atoms with van der Waals surface area (Å²) in [6.07, 6.45) is 6.35. The summed E-state index contributed by atoms with van der Waals surface area (Å²) < 4.78 is 0. The van der Waals surface area contributed by atoms with E-state index in [1.165, 1.54) is 19.3 Å². The Morgan fingerprint density at radius 2 is 1.87 bits per heavy atom. The van der Waals surface area contributed by atoms with Crippen molar-refractivity contribution in [3.05, 3.63) is 59.1 Å². The smallest absolute Gasteiger partial charge is 0.251 e. The molecular formula is C31H43ClN4O2. The number of hydrogen-bond donors (Lipinski definition) is 2. The fraction of sp³-hybridized carbons (Fsp3) is 0.548. The van der Waals surface area contributed by atoms with E-state index in [4.69, 9.17) is 11.6 Å². The highest BCUT2D eigenvalue weighted by Crippen LogP contribution is 2.21. The Balaban J connectivity index is 1.41. The first kappa shape index (κ1) is 28.6. The van der Waals surface area contributed by atoms with Crippen LogP contribution in [0.2, 0.25) is 5.02 Å². The van der Waals surface area contributed by atoms with Gasteiger partial charge in [0.1, 0.15) is 0 Å². The van der Waals surface area contributed by atoms with Crippen molar-refractivity contribution in [3.8, 4) is 0 Å². The predicted molar refractivity (Wildman–Crippen MR) is 157 cm³/mol. The van der Waals surface area contributed by atoms with Gasteiger partial charge < -0.3 is 20.4 Å². The van der Waals surface area contributed by atoms with Gasteiger partial charge in [-0.3, -0.25) is 9.59 Å². The Bertz CT molecular complexity index is 1130. The van der Waals surface area contributed by atoms with E-state index in [-0.39, 0.29) is 23.9 Å². The molecule has 0 aromatic heterocycles. The molecule has 0 unspecified atom stereocenters. The zero-order chi connectivity index (χ0) is 27.1. The summed E-state index contributed by atoms with van der Waals surface area (Å²) in [4.78, 5) is 31.2. The van der Waals surface area contributed by atoms with Crippen LogP contribution in [0.1, 0.15) is 62.7 Å². The van der Waals surface area contributed by atoms with Crippen LogP contribution in [-0.2, 0) is 4.79 Å². The number of likely N-dealkylation sites (tertiary alicyclic amines) is 1. The van der Waals surface area contributed by atoms with Crippen LogP contribution in [0.3, 0.4) is 0 Å². The summed E-state index contributed by atoms with van der Waals surface area (Å²) in [7, 11) is 0. The van der Waals surface area contributed by atoms with Crippen LogP contribution in [0.5, 0.6) is 0 Å². The average Bonchev–Trinajstić information content (AvgIpc) is 3.07. The standard InChI is InChI=1S/C31H43ClN4O2/c1-4-23(22(2)3)21-36-17-12-28(34-29(31(36)38)13-16-35-14-6-5-7-15-35)20-33-30(37)26-9-8-25-19-27(32)11-10-24(25)18-26/h8-11,18-19,23,28-29,34H,2,4-7,12-17,20-21H2,1,3H3,(H,33,37)/t23-,28-,29-/m0/s1. The molecular weight excluding hydrogens is 496 g/mol. The summed E-state index contributed by atoms with van der Waals surface area (Å²) in [6.45, 7) is 13.4. The average molecular weight is 539 g/mol. The van der Waals surface area contributed by atoms with Gasteiger partial charge in [-0.25, -0.2) is 0 Å². The molecule has 3 atom stereocenters. The summed E-state index contributed by atoms with van der Waals surface area (Å²) in [5.41, 5.74) is 1.75. The van der Waals surface area contributed by atoms with Crippen LogP contribution in [-0.4, -0.2) is 73.0 Å². The first-order chi connectivity index (χ1) is 18.3. The fourth-order valence-corrected chi connectivity index (χ4v) is 5.88. The number of carbonyl (C=O) groups excluding carboxylic acids is 2. The van der Waals surface area contributed by atoms with Gasteiger partial charge in [-0.05, 0) is 93.1 Å². The lowest BCUT2D eigenvalue weighted by molar-refractivity contribution is -0.133. The Kier molecular flexibility index (Phi) is 10.2. The minimum absolute atomic E-state index is 0.0309. The predicted octanol–water partition coefficient (Wildman–Crippen LogP) is 5.26. The zero-order valence-electron chi connectivity index (χ0n) is 23.0. The number of halogens is 1. The topological polar surface area (TPSA) is 64.7 Å². The van der Waals surface area contributed by atoms with E-state index in [0.717, 1.165) is 55.2 Å². The number of nitrogens with one attached hydrogen (secondary N) is 2. The SMILES string of the molecule is C=C(C)[C@@H](CC)CN1CC[C@@H](CNC(=O)c2ccc3cc(Cl)ccc3c2)N[C@@H](CCN2CCCCC2)C1=O. The normalized spacial score (nSPS) is 21.8. The lowest BCUT2D eigenvalue weighted by Crippen LogP contribution is -2.50. The number of fused-ring (bicyclic) bond motifs is 1. The van der Waals surface area contributed by atoms with Crippen LogP contribution in [0.4, 0.5) is 0 Å². The number of amides is 2. The number of carbonyl (C=O) groups is 2. The highest BCUT2D eigenvalue weighted by molar-refractivity contribution is 6.31. The van der Waals surface area contributed by atoms with Crippen LogP contribution in [0.15, 0.2) is 48.6 Å². The Morgan fingerprint density at radius 3 is 2.61 bits per heavy atom. The second-order valence-corrected chi connectivity index (χ2v) is 11.5. The largest absolute Gasteiger partial charge is 0.350 e. The minimum Gasteiger partial charge on any atom is -0.350 e. The molecule has 2 amide bonds. The molecule has 2 saturated heterocycles. The van der Waals surface area contributed by atoms with Crippen molar-refractivity contribution < 1.29 is 9.59 Å². The molecule has 38 heavy (non-hydrogen) atoms. The molecule has 2 aliphatic heterocycles. The first-order valence-corrected chi connectivity index (χ1v) is 14.6. The molecule has 4 rings (SSSR count). The third-order valence-corrected chi connectivity index (χ3v) is 8.42. The van der Waals surface area contributed by atoms with Crippen LogP contribution in [0, 0.1) is 5.92 Å². The maximum absolute atomic E-state index is 13.7. The molecule has 2 aliphatic rings. The van der Waals surface area contributed by atoms with Crippen molar-refractivity contribution in [2.75, 3.05) is 39.3 Å². The Labute approximate surface area is 232 Å². The summed E-state index contributed by atoms with van der Waals surface area (Å²) in [5, 5.41) is 9.42. The maximum atomic E-state index is 13.7. The van der Waals surface area contributed by atoms with Gasteiger partial charge in [0.25, 0.3) is 5.91 Å². The van der Waals surface area contributed by atoms with Gasteiger partial charge in [0.05, 0.1) is 6.04 Å². The van der Waals surface area contributed by atoms with Crippen molar-refractivity contribution in [1.82, 2.24) is 20.4 Å². The summed E-state index contributed by atoms with van der Waals surface area (Å²) in [6, 6.07) is 11.1.